The average Bonchev–Trinajstić information content (AvgIpc) is 2.85. The van der Waals surface area contributed by atoms with Gasteiger partial charge in [0.15, 0.2) is 0 Å². The van der Waals surface area contributed by atoms with E-state index in [4.69, 9.17) is 9.47 Å². The molecule has 2 aliphatic rings. The van der Waals surface area contributed by atoms with Crippen molar-refractivity contribution < 1.29 is 14.3 Å². The van der Waals surface area contributed by atoms with E-state index >= 15 is 0 Å². The third-order valence-corrected chi connectivity index (χ3v) is 4.00. The number of nitrogens with zero attached hydrogens (tertiary/aromatic N) is 1. The van der Waals surface area contributed by atoms with E-state index < -0.39 is 0 Å². The van der Waals surface area contributed by atoms with Gasteiger partial charge in [-0.1, -0.05) is 6.92 Å². The number of benzene rings is 1. The van der Waals surface area contributed by atoms with Crippen LogP contribution in [0.15, 0.2) is 64.6 Å². The summed E-state index contributed by atoms with van der Waals surface area (Å²) < 4.78 is 11.3. The molecule has 1 heterocycles. The number of hydrogen-bond acceptors (Lipinski definition) is 4. The molecule has 0 amide bonds. The predicted molar refractivity (Wildman–Crippen MR) is 83.4 cm³/mol. The van der Waals surface area contributed by atoms with E-state index in [1.807, 2.05) is 24.5 Å². The van der Waals surface area contributed by atoms with Gasteiger partial charge in [0.1, 0.15) is 11.9 Å². The van der Waals surface area contributed by atoms with Crippen LogP contribution in [0, 0.1) is 5.92 Å². The summed E-state index contributed by atoms with van der Waals surface area (Å²) in [5.41, 5.74) is 4.33. The molecule has 0 radical (unpaired) electrons. The molecule has 0 bridgehead atoms. The molecule has 0 fully saturated rings. The molecular formula is C18H17NO3. The van der Waals surface area contributed by atoms with E-state index in [9.17, 15) is 4.79 Å². The van der Waals surface area contributed by atoms with Gasteiger partial charge in [0.05, 0.1) is 18.2 Å². The summed E-state index contributed by atoms with van der Waals surface area (Å²) in [5.74, 6) is 1.19. The number of hydrogen-bond donors (Lipinski definition) is 0. The van der Waals surface area contributed by atoms with Gasteiger partial charge in [0, 0.05) is 0 Å². The van der Waals surface area contributed by atoms with Gasteiger partial charge in [-0.25, -0.2) is 4.79 Å². The molecule has 0 saturated heterocycles. The van der Waals surface area contributed by atoms with Crippen LogP contribution < -0.4 is 4.74 Å². The average molecular weight is 295 g/mol. The minimum atomic E-state index is -0.0286. The minimum absolute atomic E-state index is 0.0286. The van der Waals surface area contributed by atoms with Gasteiger partial charge in [0.25, 0.3) is 0 Å². The zero-order valence-electron chi connectivity index (χ0n) is 12.6. The van der Waals surface area contributed by atoms with E-state index in [1.165, 1.54) is 22.8 Å². The summed E-state index contributed by atoms with van der Waals surface area (Å²) in [7, 11) is 0. The van der Waals surface area contributed by atoms with Crippen molar-refractivity contribution in [1.29, 1.82) is 0 Å². The Bertz CT molecular complexity index is 706. The van der Waals surface area contributed by atoms with Crippen LogP contribution in [0.1, 0.15) is 20.3 Å². The second-order valence-electron chi connectivity index (χ2n) is 5.51. The summed E-state index contributed by atoms with van der Waals surface area (Å²) in [6, 6.07) is 7.10. The van der Waals surface area contributed by atoms with Crippen molar-refractivity contribution in [2.45, 2.75) is 26.4 Å². The third kappa shape index (κ3) is 2.74. The first-order valence-electron chi connectivity index (χ1n) is 7.29. The molecule has 1 aromatic rings. The highest BCUT2D eigenvalue weighted by atomic mass is 16.5. The van der Waals surface area contributed by atoms with E-state index in [0.29, 0.717) is 11.6 Å². The van der Waals surface area contributed by atoms with Gasteiger partial charge >= 0.3 is 0 Å². The molecule has 4 heteroatoms. The Balaban J connectivity index is 1.80. The Morgan fingerprint density at radius 1 is 1.36 bits per heavy atom. The second kappa shape index (κ2) is 6.04. The SMILES string of the molecule is CC1CC2=COC=CC2=C1C(C)Oc1ccc(N=C=O)cc1. The zero-order chi connectivity index (χ0) is 15.5. The summed E-state index contributed by atoms with van der Waals surface area (Å²) in [4.78, 5) is 13.8. The molecule has 0 N–H and O–H groups in total. The molecule has 112 valence electrons. The Morgan fingerprint density at radius 3 is 2.86 bits per heavy atom. The predicted octanol–water partition coefficient (Wildman–Crippen LogP) is 4.19. The number of aliphatic imine (C=N–C) groups is 1. The van der Waals surface area contributed by atoms with Crippen molar-refractivity contribution in [3.63, 3.8) is 0 Å². The molecule has 0 spiro atoms. The lowest BCUT2D eigenvalue weighted by atomic mass is 9.98. The Hall–Kier alpha value is -2.58. The first-order valence-corrected chi connectivity index (χ1v) is 7.29. The maximum Gasteiger partial charge on any atom is 0.240 e. The lowest BCUT2D eigenvalue weighted by Crippen LogP contribution is -2.18. The maximum absolute atomic E-state index is 10.2. The van der Waals surface area contributed by atoms with Crippen LogP contribution in [0.25, 0.3) is 0 Å². The second-order valence-corrected chi connectivity index (χ2v) is 5.51. The molecule has 4 nitrogen and oxygen atoms in total. The van der Waals surface area contributed by atoms with Gasteiger partial charge in [-0.3, -0.25) is 0 Å². The molecule has 0 saturated carbocycles. The summed E-state index contributed by atoms with van der Waals surface area (Å²) >= 11 is 0. The number of isocyanates is 1. The third-order valence-electron chi connectivity index (χ3n) is 4.00. The van der Waals surface area contributed by atoms with Crippen LogP contribution in [-0.2, 0) is 9.53 Å². The van der Waals surface area contributed by atoms with Crippen molar-refractivity contribution in [3.05, 3.63) is 59.6 Å². The monoisotopic (exact) mass is 295 g/mol. The summed E-state index contributed by atoms with van der Waals surface area (Å²) in [6.45, 7) is 4.26. The van der Waals surface area contributed by atoms with Crippen LogP contribution in [0.3, 0.4) is 0 Å². The van der Waals surface area contributed by atoms with Crippen LogP contribution in [0.2, 0.25) is 0 Å². The topological polar surface area (TPSA) is 47.9 Å². The molecule has 2 atom stereocenters. The number of allylic oxidation sites excluding steroid dienone is 3. The van der Waals surface area contributed by atoms with Crippen molar-refractivity contribution in [2.24, 2.45) is 10.9 Å². The fourth-order valence-corrected chi connectivity index (χ4v) is 3.08. The Morgan fingerprint density at radius 2 is 2.14 bits per heavy atom. The molecule has 3 rings (SSSR count). The van der Waals surface area contributed by atoms with Crippen LogP contribution in [-0.4, -0.2) is 12.2 Å². The van der Waals surface area contributed by atoms with E-state index in [-0.39, 0.29) is 6.10 Å². The molecule has 1 aliphatic heterocycles. The maximum atomic E-state index is 10.2. The fraction of sp³-hybridized carbons (Fsp3) is 0.278. The molecular weight excluding hydrogens is 278 g/mol. The van der Waals surface area contributed by atoms with Crippen LogP contribution in [0.4, 0.5) is 5.69 Å². The Kier molecular flexibility index (Phi) is 3.94. The number of ether oxygens (including phenoxy) is 2. The van der Waals surface area contributed by atoms with E-state index in [0.717, 1.165) is 12.2 Å². The highest BCUT2D eigenvalue weighted by molar-refractivity contribution is 5.52. The molecule has 0 aromatic heterocycles. The van der Waals surface area contributed by atoms with Crippen molar-refractivity contribution in [3.8, 4) is 5.75 Å². The number of fused-ring (bicyclic) bond motifs is 1. The number of carbonyl (C=O) groups excluding carboxylic acids is 1. The van der Waals surface area contributed by atoms with Gasteiger partial charge in [0.2, 0.25) is 6.08 Å². The minimum Gasteiger partial charge on any atom is -0.486 e. The largest absolute Gasteiger partial charge is 0.486 e. The first kappa shape index (κ1) is 14.4. The lowest BCUT2D eigenvalue weighted by molar-refractivity contribution is 0.245. The molecule has 22 heavy (non-hydrogen) atoms. The highest BCUT2D eigenvalue weighted by Crippen LogP contribution is 2.41. The van der Waals surface area contributed by atoms with Crippen molar-refractivity contribution in [1.82, 2.24) is 0 Å². The van der Waals surface area contributed by atoms with E-state index in [2.05, 4.69) is 18.8 Å². The first-order chi connectivity index (χ1) is 10.7. The standard InChI is InChI=1S/C18H17NO3/c1-12-9-14-10-21-8-7-17(14)18(12)13(2)22-16-5-3-15(4-6-16)19-11-20/h3-8,10,12-13H,9H2,1-2H3. The van der Waals surface area contributed by atoms with Crippen molar-refractivity contribution in [2.75, 3.05) is 0 Å². The quantitative estimate of drug-likeness (QED) is 0.618. The lowest BCUT2D eigenvalue weighted by Gasteiger charge is -2.20. The number of rotatable bonds is 4. The highest BCUT2D eigenvalue weighted by Gasteiger charge is 2.30. The molecule has 1 aromatic carbocycles. The molecule has 1 aliphatic carbocycles. The van der Waals surface area contributed by atoms with Gasteiger partial charge in [-0.05, 0) is 66.3 Å². The fourth-order valence-electron chi connectivity index (χ4n) is 3.08. The normalized spacial score (nSPS) is 20.6. The van der Waals surface area contributed by atoms with Crippen LogP contribution >= 0.6 is 0 Å². The van der Waals surface area contributed by atoms with Gasteiger partial charge < -0.3 is 9.47 Å². The van der Waals surface area contributed by atoms with Gasteiger partial charge in [-0.2, -0.15) is 4.99 Å². The summed E-state index contributed by atoms with van der Waals surface area (Å²) in [6.07, 6.45) is 8.01. The van der Waals surface area contributed by atoms with Crippen LogP contribution in [0.5, 0.6) is 5.75 Å². The Labute approximate surface area is 129 Å². The van der Waals surface area contributed by atoms with E-state index in [1.54, 1.807) is 18.4 Å². The molecule has 2 unspecified atom stereocenters. The summed E-state index contributed by atoms with van der Waals surface area (Å²) in [5, 5.41) is 0. The van der Waals surface area contributed by atoms with Gasteiger partial charge in [-0.15, -0.1) is 0 Å². The van der Waals surface area contributed by atoms with Crippen molar-refractivity contribution >= 4 is 11.8 Å². The smallest absolute Gasteiger partial charge is 0.240 e. The zero-order valence-corrected chi connectivity index (χ0v) is 12.6.